The van der Waals surface area contributed by atoms with Gasteiger partial charge in [-0.15, -0.1) is 0 Å². The van der Waals surface area contributed by atoms with E-state index in [2.05, 4.69) is 148 Å². The zero-order valence-electron chi connectivity index (χ0n) is 24.2. The summed E-state index contributed by atoms with van der Waals surface area (Å²) in [6, 6.07) is 44.5. The van der Waals surface area contributed by atoms with E-state index in [-0.39, 0.29) is 0 Å². The minimum atomic E-state index is -2.74. The van der Waals surface area contributed by atoms with Gasteiger partial charge >= 0.3 is 254 Å². The molecule has 0 saturated heterocycles. The van der Waals surface area contributed by atoms with Gasteiger partial charge in [-0.2, -0.15) is 0 Å². The van der Waals surface area contributed by atoms with Crippen LogP contribution in [0.25, 0.3) is 17.2 Å². The molecule has 0 aliphatic heterocycles. The van der Waals surface area contributed by atoms with Gasteiger partial charge in [-0.1, -0.05) is 0 Å². The van der Waals surface area contributed by atoms with E-state index >= 15 is 0 Å². The third-order valence-electron chi connectivity index (χ3n) is 9.07. The van der Waals surface area contributed by atoms with Crippen LogP contribution in [0, 0.1) is 6.92 Å². The standard InChI is InChI=1S/C17H17.C13H10.C10H9.Zr/c1-3-12-5-7-16-14(9-12)11-15-10-13(4-2)6-8-17(15)16;1-3-7-12(8-4-1)11-13-9-5-2-6-10-13;1-8-5-6-9-3-2-4-10(9)7-8;/h5-11H,3-4H2,1-2H3;1-10H;2-7H,1H3;. The average Bonchev–Trinajstić information content (AvgIpc) is 3.58. The number of aryl methyl sites for hydroxylation is 3. The molecule has 0 amide bonds. The molecular formula is C40H36Zr. The Kier molecular flexibility index (Phi) is 7.18. The van der Waals surface area contributed by atoms with Crippen molar-refractivity contribution in [3.63, 3.8) is 0 Å². The van der Waals surface area contributed by atoms with Crippen LogP contribution in [0.5, 0.6) is 0 Å². The second-order valence-electron chi connectivity index (χ2n) is 11.5. The molecule has 200 valence electrons. The van der Waals surface area contributed by atoms with Gasteiger partial charge < -0.3 is 0 Å². The van der Waals surface area contributed by atoms with E-state index in [4.69, 9.17) is 0 Å². The monoisotopic (exact) mass is 606 g/mol. The first kappa shape index (κ1) is 26.5. The number of allylic oxidation sites excluding steroid dienone is 1. The predicted molar refractivity (Wildman–Crippen MR) is 172 cm³/mol. The minimum absolute atomic E-state index is 0.442. The zero-order chi connectivity index (χ0) is 27.9. The van der Waals surface area contributed by atoms with Crippen molar-refractivity contribution in [1.29, 1.82) is 0 Å². The van der Waals surface area contributed by atoms with Crippen molar-refractivity contribution in [2.75, 3.05) is 0 Å². The summed E-state index contributed by atoms with van der Waals surface area (Å²) < 4.78 is 2.53. The molecule has 0 radical (unpaired) electrons. The fourth-order valence-electron chi connectivity index (χ4n) is 7.02. The molecule has 1 heteroatoms. The van der Waals surface area contributed by atoms with Crippen LogP contribution in [0.4, 0.5) is 0 Å². The van der Waals surface area contributed by atoms with Crippen LogP contribution in [-0.2, 0) is 34.1 Å². The average molecular weight is 608 g/mol. The molecule has 5 aromatic carbocycles. The van der Waals surface area contributed by atoms with Crippen molar-refractivity contribution >= 4 is 9.28 Å². The van der Waals surface area contributed by atoms with E-state index < -0.39 is 21.3 Å². The zero-order valence-corrected chi connectivity index (χ0v) is 26.7. The normalized spacial score (nSPS) is 15.0. The molecule has 41 heavy (non-hydrogen) atoms. The molecule has 7 rings (SSSR count). The van der Waals surface area contributed by atoms with Crippen molar-refractivity contribution < 1.29 is 21.3 Å². The van der Waals surface area contributed by atoms with Crippen LogP contribution in [0.3, 0.4) is 0 Å². The Morgan fingerprint density at radius 2 is 1.17 bits per heavy atom. The van der Waals surface area contributed by atoms with Gasteiger partial charge in [-0.05, 0) is 0 Å². The first-order valence-corrected chi connectivity index (χ1v) is 19.1. The number of benzene rings is 5. The SMILES string of the molecule is CCc1ccc2c(c1)[CH]([Zr](=[C](c1ccccc1)c1ccccc1)[CH]1C=Cc3cc(C)ccc31)c1cc(CC)ccc1-2. The summed E-state index contributed by atoms with van der Waals surface area (Å²) in [7, 11) is 0. The number of fused-ring (bicyclic) bond motifs is 4. The Labute approximate surface area is 252 Å². The Morgan fingerprint density at radius 1 is 0.610 bits per heavy atom. The van der Waals surface area contributed by atoms with E-state index in [1.54, 1.807) is 14.3 Å². The fourth-order valence-corrected chi connectivity index (χ4v) is 16.9. The molecule has 0 bridgehead atoms. The Bertz CT molecular complexity index is 1710. The van der Waals surface area contributed by atoms with Gasteiger partial charge in [0.05, 0.1) is 0 Å². The Hall–Kier alpha value is -3.41. The van der Waals surface area contributed by atoms with Crippen molar-refractivity contribution in [3.05, 3.63) is 171 Å². The summed E-state index contributed by atoms with van der Waals surface area (Å²) in [6.45, 7) is 6.80. The first-order valence-electron chi connectivity index (χ1n) is 15.1. The third-order valence-corrected chi connectivity index (χ3v) is 17.8. The maximum atomic E-state index is 2.58. The molecule has 2 aliphatic carbocycles. The van der Waals surface area contributed by atoms with E-state index in [0.717, 1.165) is 12.8 Å². The van der Waals surface area contributed by atoms with Gasteiger partial charge in [0.2, 0.25) is 0 Å². The number of rotatable bonds is 6. The van der Waals surface area contributed by atoms with Gasteiger partial charge in [0.1, 0.15) is 0 Å². The first-order chi connectivity index (χ1) is 20.2. The van der Waals surface area contributed by atoms with Gasteiger partial charge in [0.15, 0.2) is 0 Å². The molecule has 0 fully saturated rings. The summed E-state index contributed by atoms with van der Waals surface area (Å²) in [4.78, 5) is 0. The van der Waals surface area contributed by atoms with Gasteiger partial charge in [0.25, 0.3) is 0 Å². The Balaban J connectivity index is 1.61. The topological polar surface area (TPSA) is 0 Å². The molecule has 1 unspecified atom stereocenters. The van der Waals surface area contributed by atoms with Crippen molar-refractivity contribution in [3.8, 4) is 11.1 Å². The van der Waals surface area contributed by atoms with Crippen molar-refractivity contribution in [2.45, 2.75) is 40.9 Å². The van der Waals surface area contributed by atoms with Crippen LogP contribution < -0.4 is 0 Å². The predicted octanol–water partition coefficient (Wildman–Crippen LogP) is 9.84. The Morgan fingerprint density at radius 3 is 1.71 bits per heavy atom. The molecule has 1 atom stereocenters. The summed E-state index contributed by atoms with van der Waals surface area (Å²) in [5.41, 5.74) is 16.0. The number of hydrogen-bond donors (Lipinski definition) is 0. The van der Waals surface area contributed by atoms with E-state index in [1.807, 2.05) is 0 Å². The van der Waals surface area contributed by atoms with Gasteiger partial charge in [-0.3, -0.25) is 0 Å². The molecular weight excluding hydrogens is 572 g/mol. The molecule has 0 nitrogen and oxygen atoms in total. The molecule has 0 aromatic heterocycles. The molecule has 2 aliphatic rings. The van der Waals surface area contributed by atoms with Crippen molar-refractivity contribution in [1.82, 2.24) is 0 Å². The maximum absolute atomic E-state index is 2.74. The summed E-state index contributed by atoms with van der Waals surface area (Å²) in [5.74, 6) is 0. The van der Waals surface area contributed by atoms with Gasteiger partial charge in [-0.25, -0.2) is 0 Å². The van der Waals surface area contributed by atoms with Crippen molar-refractivity contribution in [2.24, 2.45) is 0 Å². The second-order valence-corrected chi connectivity index (χ2v) is 17.9. The quantitative estimate of drug-likeness (QED) is 0.180. The molecule has 0 saturated carbocycles. The van der Waals surface area contributed by atoms with Crippen LogP contribution >= 0.6 is 0 Å². The summed E-state index contributed by atoms with van der Waals surface area (Å²) in [6.07, 6.45) is 7.13. The van der Waals surface area contributed by atoms with Crippen LogP contribution in [0.1, 0.15) is 71.2 Å². The third kappa shape index (κ3) is 4.69. The van der Waals surface area contributed by atoms with E-state index in [0.29, 0.717) is 7.25 Å². The van der Waals surface area contributed by atoms with Crippen LogP contribution in [0.15, 0.2) is 121 Å². The fraction of sp³-hybridized carbons (Fsp3) is 0.175. The number of hydrogen-bond acceptors (Lipinski definition) is 0. The van der Waals surface area contributed by atoms with Crippen LogP contribution in [-0.4, -0.2) is 3.21 Å². The van der Waals surface area contributed by atoms with Crippen LogP contribution in [0.2, 0.25) is 0 Å². The second kappa shape index (κ2) is 11.1. The summed E-state index contributed by atoms with van der Waals surface area (Å²) in [5, 5.41) is 0. The molecule has 5 aromatic rings. The van der Waals surface area contributed by atoms with Gasteiger partial charge in [0, 0.05) is 0 Å². The molecule has 0 spiro atoms. The van der Waals surface area contributed by atoms with E-state index in [1.165, 1.54) is 50.1 Å². The molecule has 0 N–H and O–H groups in total. The van der Waals surface area contributed by atoms with E-state index in [9.17, 15) is 0 Å². The summed E-state index contributed by atoms with van der Waals surface area (Å²) >= 11 is -2.74. The molecule has 0 heterocycles.